The van der Waals surface area contributed by atoms with Crippen LogP contribution in [0.3, 0.4) is 0 Å². The molecule has 2 rings (SSSR count). The monoisotopic (exact) mass is 240 g/mol. The second-order valence-corrected chi connectivity index (χ2v) is 6.72. The molecule has 0 aromatic heterocycles. The van der Waals surface area contributed by atoms with Crippen LogP contribution in [0.2, 0.25) is 0 Å². The number of carbonyl (C=O) groups is 2. The van der Waals surface area contributed by atoms with Crippen molar-refractivity contribution in [1.29, 1.82) is 0 Å². The van der Waals surface area contributed by atoms with Gasteiger partial charge in [0.25, 0.3) is 0 Å². The minimum Gasteiger partial charge on any atom is -0.300 e. The number of hydrogen-bond donors (Lipinski definition) is 0. The van der Waals surface area contributed by atoms with Gasteiger partial charge in [-0.2, -0.15) is 0 Å². The Hall–Kier alpha value is -0.310. The predicted molar refractivity (Wildman–Crippen MR) is 66.7 cm³/mol. The highest BCUT2D eigenvalue weighted by Crippen LogP contribution is 2.36. The van der Waals surface area contributed by atoms with Gasteiger partial charge in [-0.25, -0.2) is 0 Å². The van der Waals surface area contributed by atoms with E-state index in [2.05, 4.69) is 6.92 Å². The second-order valence-electron chi connectivity index (χ2n) is 5.22. The molecule has 0 aromatic rings. The van der Waals surface area contributed by atoms with Crippen LogP contribution < -0.4 is 0 Å². The fourth-order valence-electron chi connectivity index (χ4n) is 2.57. The zero-order valence-electron chi connectivity index (χ0n) is 9.91. The van der Waals surface area contributed by atoms with Crippen molar-refractivity contribution in [2.45, 2.75) is 62.4 Å². The summed E-state index contributed by atoms with van der Waals surface area (Å²) >= 11 is 1.78. The Morgan fingerprint density at radius 2 is 1.75 bits per heavy atom. The van der Waals surface area contributed by atoms with Crippen LogP contribution in [0.1, 0.15) is 51.9 Å². The Morgan fingerprint density at radius 1 is 1.06 bits per heavy atom. The topological polar surface area (TPSA) is 34.1 Å². The zero-order valence-corrected chi connectivity index (χ0v) is 10.7. The Morgan fingerprint density at radius 3 is 2.44 bits per heavy atom. The number of Topliss-reactive ketones (excluding diaryl/α,β-unsaturated/α-hetero) is 2. The summed E-state index contributed by atoms with van der Waals surface area (Å²) in [4.78, 5) is 23.1. The van der Waals surface area contributed by atoms with Crippen LogP contribution in [-0.4, -0.2) is 22.1 Å². The van der Waals surface area contributed by atoms with E-state index in [4.69, 9.17) is 0 Å². The van der Waals surface area contributed by atoms with Gasteiger partial charge in [0.2, 0.25) is 0 Å². The third-order valence-electron chi connectivity index (χ3n) is 3.74. The van der Waals surface area contributed by atoms with Crippen LogP contribution in [0.15, 0.2) is 0 Å². The van der Waals surface area contributed by atoms with Crippen molar-refractivity contribution in [3.05, 3.63) is 0 Å². The minimum absolute atomic E-state index is 0.0142. The van der Waals surface area contributed by atoms with Crippen molar-refractivity contribution in [2.24, 2.45) is 5.92 Å². The number of carbonyl (C=O) groups excluding carboxylic acids is 2. The van der Waals surface area contributed by atoms with E-state index in [1.165, 1.54) is 25.7 Å². The van der Waals surface area contributed by atoms with E-state index in [9.17, 15) is 9.59 Å². The Labute approximate surface area is 102 Å². The predicted octanol–water partition coefficient (Wildman–Crippen LogP) is 2.99. The summed E-state index contributed by atoms with van der Waals surface area (Å²) < 4.78 is 0. The first-order chi connectivity index (χ1) is 7.65. The first-order valence-corrected chi connectivity index (χ1v) is 7.29. The summed E-state index contributed by atoms with van der Waals surface area (Å²) in [6, 6.07) is 0. The zero-order chi connectivity index (χ0) is 11.5. The summed E-state index contributed by atoms with van der Waals surface area (Å²) in [7, 11) is 0. The van der Waals surface area contributed by atoms with Gasteiger partial charge in [-0.05, 0) is 31.6 Å². The molecule has 2 aliphatic carbocycles. The van der Waals surface area contributed by atoms with E-state index < -0.39 is 0 Å². The lowest BCUT2D eigenvalue weighted by Crippen LogP contribution is -2.30. The molecular formula is C13H20O2S. The maximum absolute atomic E-state index is 11.7. The number of rotatable bonds is 2. The summed E-state index contributed by atoms with van der Waals surface area (Å²) in [6.07, 6.45) is 6.49. The SMILES string of the molecule is CC1CCC(S[C@H]2CC(=O)CCC2=O)CC1. The Kier molecular flexibility index (Phi) is 4.06. The van der Waals surface area contributed by atoms with Crippen molar-refractivity contribution in [1.82, 2.24) is 0 Å². The van der Waals surface area contributed by atoms with Gasteiger partial charge in [-0.3, -0.25) is 9.59 Å². The maximum atomic E-state index is 11.7. The van der Waals surface area contributed by atoms with E-state index in [-0.39, 0.29) is 11.0 Å². The number of thioether (sulfide) groups is 1. The molecule has 3 heteroatoms. The quantitative estimate of drug-likeness (QED) is 0.744. The second kappa shape index (κ2) is 5.35. The number of hydrogen-bond acceptors (Lipinski definition) is 3. The van der Waals surface area contributed by atoms with Crippen LogP contribution >= 0.6 is 11.8 Å². The molecule has 16 heavy (non-hydrogen) atoms. The average molecular weight is 240 g/mol. The molecule has 0 aliphatic heterocycles. The van der Waals surface area contributed by atoms with Gasteiger partial charge in [0, 0.05) is 24.5 Å². The molecule has 0 amide bonds. The highest BCUT2D eigenvalue weighted by molar-refractivity contribution is 8.01. The molecule has 2 saturated carbocycles. The van der Waals surface area contributed by atoms with Crippen molar-refractivity contribution < 1.29 is 9.59 Å². The van der Waals surface area contributed by atoms with Crippen LogP contribution in [0.5, 0.6) is 0 Å². The normalized spacial score (nSPS) is 36.4. The van der Waals surface area contributed by atoms with Crippen LogP contribution in [0, 0.1) is 5.92 Å². The van der Waals surface area contributed by atoms with E-state index >= 15 is 0 Å². The molecule has 2 nitrogen and oxygen atoms in total. The van der Waals surface area contributed by atoms with Crippen LogP contribution in [0.25, 0.3) is 0 Å². The lowest BCUT2D eigenvalue weighted by atomic mass is 9.91. The first-order valence-electron chi connectivity index (χ1n) is 6.35. The highest BCUT2D eigenvalue weighted by Gasteiger charge is 2.31. The smallest absolute Gasteiger partial charge is 0.146 e. The summed E-state index contributed by atoms with van der Waals surface area (Å²) in [6.45, 7) is 2.30. The van der Waals surface area contributed by atoms with Gasteiger partial charge in [0.1, 0.15) is 11.6 Å². The molecule has 0 aromatic carbocycles. The van der Waals surface area contributed by atoms with Crippen molar-refractivity contribution in [3.8, 4) is 0 Å². The van der Waals surface area contributed by atoms with Gasteiger partial charge in [0.15, 0.2) is 0 Å². The lowest BCUT2D eigenvalue weighted by molar-refractivity contribution is -0.128. The summed E-state index contributed by atoms with van der Waals surface area (Å²) in [5.41, 5.74) is 0. The molecule has 0 bridgehead atoms. The van der Waals surface area contributed by atoms with Crippen LogP contribution in [0.4, 0.5) is 0 Å². The van der Waals surface area contributed by atoms with Gasteiger partial charge in [-0.15, -0.1) is 11.8 Å². The molecule has 0 heterocycles. The lowest BCUT2D eigenvalue weighted by Gasteiger charge is -2.29. The third kappa shape index (κ3) is 3.09. The molecular weight excluding hydrogens is 220 g/mol. The molecule has 2 aliphatic rings. The first kappa shape index (κ1) is 12.2. The molecule has 0 unspecified atom stereocenters. The van der Waals surface area contributed by atoms with E-state index in [1.54, 1.807) is 11.8 Å². The van der Waals surface area contributed by atoms with E-state index in [0.29, 0.717) is 30.3 Å². The fraction of sp³-hybridized carbons (Fsp3) is 0.846. The summed E-state index contributed by atoms with van der Waals surface area (Å²) in [5, 5.41) is 0.607. The molecule has 1 atom stereocenters. The number of ketones is 2. The van der Waals surface area contributed by atoms with Gasteiger partial charge in [-0.1, -0.05) is 6.92 Å². The highest BCUT2D eigenvalue weighted by atomic mass is 32.2. The molecule has 90 valence electrons. The van der Waals surface area contributed by atoms with E-state index in [1.807, 2.05) is 0 Å². The molecule has 0 spiro atoms. The Bertz CT molecular complexity index is 280. The molecule has 0 saturated heterocycles. The molecule has 2 fully saturated rings. The molecule has 0 N–H and O–H groups in total. The van der Waals surface area contributed by atoms with Gasteiger partial charge >= 0.3 is 0 Å². The Balaban J connectivity index is 1.83. The maximum Gasteiger partial charge on any atom is 0.146 e. The summed E-state index contributed by atoms with van der Waals surface area (Å²) in [5.74, 6) is 1.44. The van der Waals surface area contributed by atoms with Crippen molar-refractivity contribution in [2.75, 3.05) is 0 Å². The van der Waals surface area contributed by atoms with Crippen molar-refractivity contribution >= 4 is 23.3 Å². The van der Waals surface area contributed by atoms with Crippen molar-refractivity contribution in [3.63, 3.8) is 0 Å². The standard InChI is InChI=1S/C13H20O2S/c1-9-2-5-11(6-3-9)16-13-8-10(14)4-7-12(13)15/h9,11,13H,2-8H2,1H3/t9?,11?,13-/m0/s1. The average Bonchev–Trinajstić information content (AvgIpc) is 2.27. The largest absolute Gasteiger partial charge is 0.300 e. The van der Waals surface area contributed by atoms with Gasteiger partial charge in [0.05, 0.1) is 5.25 Å². The van der Waals surface area contributed by atoms with E-state index in [0.717, 1.165) is 5.92 Å². The van der Waals surface area contributed by atoms with Crippen LogP contribution in [-0.2, 0) is 9.59 Å². The fourth-order valence-corrected chi connectivity index (χ4v) is 4.13. The van der Waals surface area contributed by atoms with Gasteiger partial charge < -0.3 is 0 Å². The third-order valence-corrected chi connectivity index (χ3v) is 5.36. The minimum atomic E-state index is -0.0142. The molecule has 0 radical (unpaired) electrons.